The number of anilines is 1. The number of nitrogens with one attached hydrogen (secondary N) is 1. The van der Waals surface area contributed by atoms with Crippen molar-refractivity contribution >= 4 is 29.5 Å². The second-order valence-corrected chi connectivity index (χ2v) is 6.20. The molecule has 29 heavy (non-hydrogen) atoms. The van der Waals surface area contributed by atoms with Crippen molar-refractivity contribution in [3.05, 3.63) is 40.7 Å². The first-order valence-corrected chi connectivity index (χ1v) is 8.87. The van der Waals surface area contributed by atoms with E-state index in [1.165, 1.54) is 11.1 Å². The summed E-state index contributed by atoms with van der Waals surface area (Å²) in [5.74, 6) is -2.13. The van der Waals surface area contributed by atoms with Crippen LogP contribution in [0.1, 0.15) is 12.5 Å². The number of morpholine rings is 1. The zero-order valence-corrected chi connectivity index (χ0v) is 15.3. The first-order valence-electron chi connectivity index (χ1n) is 8.87. The van der Waals surface area contributed by atoms with Gasteiger partial charge in [-0.25, -0.2) is 28.0 Å². The van der Waals surface area contributed by atoms with Gasteiger partial charge in [0, 0.05) is 18.7 Å². The van der Waals surface area contributed by atoms with Crippen molar-refractivity contribution in [3.63, 3.8) is 0 Å². The number of hydrogen-bond donors (Lipinski definition) is 1. The van der Waals surface area contributed by atoms with Crippen molar-refractivity contribution in [2.75, 3.05) is 37.8 Å². The SMILES string of the molecule is CCOC1=C(c2cc(F)c(N3CCOCC3)c(F)c2F)N2NC(=C=O)N=C2N=C1. The van der Waals surface area contributed by atoms with Gasteiger partial charge in [-0.1, -0.05) is 0 Å². The first kappa shape index (κ1) is 19.0. The molecule has 0 radical (unpaired) electrons. The molecule has 0 atom stereocenters. The highest BCUT2D eigenvalue weighted by Crippen LogP contribution is 2.36. The number of benzene rings is 1. The van der Waals surface area contributed by atoms with Crippen LogP contribution in [0.3, 0.4) is 0 Å². The average molecular weight is 407 g/mol. The fourth-order valence-electron chi connectivity index (χ4n) is 3.26. The van der Waals surface area contributed by atoms with Crippen LogP contribution in [0, 0.1) is 17.5 Å². The molecule has 1 N–H and O–H groups in total. The highest BCUT2D eigenvalue weighted by atomic mass is 19.2. The lowest BCUT2D eigenvalue weighted by molar-refractivity contribution is 0.122. The number of nitrogens with zero attached hydrogens (tertiary/aromatic N) is 4. The minimum absolute atomic E-state index is 0.0146. The molecule has 0 amide bonds. The van der Waals surface area contributed by atoms with Gasteiger partial charge in [-0.3, -0.25) is 5.43 Å². The van der Waals surface area contributed by atoms with E-state index in [-0.39, 0.29) is 56.1 Å². The number of carbonyl (C=O) groups excluding carboxylic acids is 1. The molecule has 0 aliphatic carbocycles. The monoisotopic (exact) mass is 407 g/mol. The molecule has 152 valence electrons. The largest absolute Gasteiger partial charge is 0.490 e. The summed E-state index contributed by atoms with van der Waals surface area (Å²) >= 11 is 0. The Balaban J connectivity index is 1.84. The standard InChI is InChI=1S/C18H16F3N5O3/c1-2-29-12-8-22-18-23-13(9-27)24-26(18)16(12)10-7-11(19)17(15(21)14(10)20)25-3-5-28-6-4-25/h7-8,24H,2-6H2,1H3. The van der Waals surface area contributed by atoms with E-state index >= 15 is 4.39 Å². The minimum Gasteiger partial charge on any atom is -0.490 e. The molecule has 1 saturated heterocycles. The van der Waals surface area contributed by atoms with Crippen LogP contribution >= 0.6 is 0 Å². The fourth-order valence-corrected chi connectivity index (χ4v) is 3.26. The van der Waals surface area contributed by atoms with Crippen molar-refractivity contribution in [1.29, 1.82) is 0 Å². The Hall–Kier alpha value is -3.30. The lowest BCUT2D eigenvalue weighted by Gasteiger charge is -2.31. The zero-order chi connectivity index (χ0) is 20.5. The van der Waals surface area contributed by atoms with Crippen molar-refractivity contribution in [1.82, 2.24) is 10.4 Å². The molecule has 0 saturated carbocycles. The topological polar surface area (TPSA) is 78.8 Å². The summed E-state index contributed by atoms with van der Waals surface area (Å²) < 4.78 is 55.6. The third-order valence-corrected chi connectivity index (χ3v) is 4.50. The molecule has 3 heterocycles. The van der Waals surface area contributed by atoms with Gasteiger partial charge in [0.15, 0.2) is 23.3 Å². The Morgan fingerprint density at radius 2 is 2.03 bits per heavy atom. The quantitative estimate of drug-likeness (QED) is 0.603. The van der Waals surface area contributed by atoms with Crippen molar-refractivity contribution < 1.29 is 27.4 Å². The minimum atomic E-state index is -1.32. The molecule has 3 aliphatic heterocycles. The number of hydrazine groups is 1. The van der Waals surface area contributed by atoms with Gasteiger partial charge in [0.25, 0.3) is 5.96 Å². The normalized spacial score (nSPS) is 18.5. The summed E-state index contributed by atoms with van der Waals surface area (Å²) in [4.78, 5) is 20.2. The average Bonchev–Trinajstić information content (AvgIpc) is 3.15. The van der Waals surface area contributed by atoms with Crippen LogP contribution in [0.4, 0.5) is 18.9 Å². The number of rotatable bonds is 4. The maximum atomic E-state index is 15.1. The summed E-state index contributed by atoms with van der Waals surface area (Å²) in [6.07, 6.45) is 1.24. The van der Waals surface area contributed by atoms with E-state index in [1.807, 2.05) is 0 Å². The Morgan fingerprint density at radius 3 is 2.72 bits per heavy atom. The van der Waals surface area contributed by atoms with E-state index in [1.54, 1.807) is 12.9 Å². The highest BCUT2D eigenvalue weighted by Gasteiger charge is 2.35. The summed E-state index contributed by atoms with van der Waals surface area (Å²) in [5.41, 5.74) is 1.64. The zero-order valence-electron chi connectivity index (χ0n) is 15.3. The molecule has 0 bridgehead atoms. The number of halogens is 3. The van der Waals surface area contributed by atoms with Gasteiger partial charge in [-0.05, 0) is 13.0 Å². The maximum Gasteiger partial charge on any atom is 0.252 e. The van der Waals surface area contributed by atoms with Crippen LogP contribution in [0.25, 0.3) is 5.70 Å². The van der Waals surface area contributed by atoms with E-state index in [4.69, 9.17) is 9.47 Å². The molecule has 1 aromatic rings. The van der Waals surface area contributed by atoms with Gasteiger partial charge in [0.05, 0.1) is 26.0 Å². The molecular weight excluding hydrogens is 391 g/mol. The van der Waals surface area contributed by atoms with Gasteiger partial charge in [0.2, 0.25) is 5.82 Å². The van der Waals surface area contributed by atoms with Crippen LogP contribution < -0.4 is 10.3 Å². The smallest absolute Gasteiger partial charge is 0.252 e. The van der Waals surface area contributed by atoms with E-state index in [0.29, 0.717) is 0 Å². The maximum absolute atomic E-state index is 15.1. The highest BCUT2D eigenvalue weighted by molar-refractivity contribution is 6.06. The van der Waals surface area contributed by atoms with Crippen LogP contribution in [0.5, 0.6) is 0 Å². The number of fused-ring (bicyclic) bond motifs is 1. The number of guanidine groups is 1. The van der Waals surface area contributed by atoms with E-state index in [0.717, 1.165) is 11.1 Å². The van der Waals surface area contributed by atoms with E-state index < -0.39 is 28.7 Å². The summed E-state index contributed by atoms with van der Waals surface area (Å²) in [7, 11) is 0. The number of allylic oxidation sites excluding steroid dienone is 1. The number of hydrogen-bond acceptors (Lipinski definition) is 8. The van der Waals surface area contributed by atoms with Crippen molar-refractivity contribution in [3.8, 4) is 0 Å². The molecule has 8 nitrogen and oxygen atoms in total. The van der Waals surface area contributed by atoms with Crippen LogP contribution in [-0.2, 0) is 14.3 Å². The molecule has 11 heteroatoms. The van der Waals surface area contributed by atoms with Gasteiger partial charge in [-0.15, -0.1) is 0 Å². The van der Waals surface area contributed by atoms with Crippen molar-refractivity contribution in [2.24, 2.45) is 9.98 Å². The Labute approximate surface area is 163 Å². The summed E-state index contributed by atoms with van der Waals surface area (Å²) in [6, 6.07) is 0.888. The molecule has 1 fully saturated rings. The number of ether oxygens (including phenoxy) is 2. The Morgan fingerprint density at radius 1 is 1.28 bits per heavy atom. The molecule has 3 aliphatic rings. The predicted octanol–water partition coefficient (Wildman–Crippen LogP) is 1.58. The Bertz CT molecular complexity index is 995. The van der Waals surface area contributed by atoms with E-state index in [9.17, 15) is 13.6 Å². The van der Waals surface area contributed by atoms with Gasteiger partial charge in [-0.2, -0.15) is 4.99 Å². The molecule has 0 unspecified atom stereocenters. The summed E-state index contributed by atoms with van der Waals surface area (Å²) in [6.45, 7) is 2.94. The van der Waals surface area contributed by atoms with Crippen LogP contribution in [0.2, 0.25) is 0 Å². The van der Waals surface area contributed by atoms with Crippen LogP contribution in [-0.4, -0.2) is 56.0 Å². The summed E-state index contributed by atoms with van der Waals surface area (Å²) in [5, 5.41) is 1.12. The fraction of sp³-hybridized carbons (Fsp3) is 0.333. The molecule has 0 aromatic heterocycles. The molecule has 0 spiro atoms. The third kappa shape index (κ3) is 3.24. The van der Waals surface area contributed by atoms with E-state index in [2.05, 4.69) is 15.4 Å². The predicted molar refractivity (Wildman–Crippen MR) is 98.0 cm³/mol. The first-order chi connectivity index (χ1) is 14.0. The second kappa shape index (κ2) is 7.61. The second-order valence-electron chi connectivity index (χ2n) is 6.20. The molecular formula is C18H16F3N5O3. The van der Waals surface area contributed by atoms with Gasteiger partial charge in [0.1, 0.15) is 17.2 Å². The molecule has 1 aromatic carbocycles. The van der Waals surface area contributed by atoms with Gasteiger partial charge < -0.3 is 14.4 Å². The van der Waals surface area contributed by atoms with Crippen LogP contribution in [0.15, 0.2) is 27.6 Å². The lowest BCUT2D eigenvalue weighted by Crippen LogP contribution is -2.39. The van der Waals surface area contributed by atoms with Gasteiger partial charge >= 0.3 is 0 Å². The van der Waals surface area contributed by atoms with Crippen molar-refractivity contribution in [2.45, 2.75) is 6.92 Å². The third-order valence-electron chi connectivity index (χ3n) is 4.50. The lowest BCUT2D eigenvalue weighted by atomic mass is 10.1. The Kier molecular flexibility index (Phi) is 4.99. The molecule has 4 rings (SSSR count). The number of aliphatic imine (C=N–C) groups is 2.